The zero-order valence-corrected chi connectivity index (χ0v) is 23.6. The van der Waals surface area contributed by atoms with E-state index in [2.05, 4.69) is 19.8 Å². The zero-order valence-electron chi connectivity index (χ0n) is 22.8. The molecule has 42 heavy (non-hydrogen) atoms. The Hall–Kier alpha value is -3.34. The minimum Gasteiger partial charge on any atom is -0.508 e. The van der Waals surface area contributed by atoms with Crippen molar-refractivity contribution in [2.75, 3.05) is 37.7 Å². The van der Waals surface area contributed by atoms with Crippen LogP contribution in [0.3, 0.4) is 0 Å². The van der Waals surface area contributed by atoms with Crippen molar-refractivity contribution >= 4 is 39.1 Å². The van der Waals surface area contributed by atoms with Gasteiger partial charge in [0, 0.05) is 54.1 Å². The Morgan fingerprint density at radius 3 is 2.88 bits per heavy atom. The molecule has 4 fully saturated rings. The molecular weight excluding hydrogens is 564 g/mol. The number of rotatable bonds is 5. The Kier molecular flexibility index (Phi) is 6.00. The van der Waals surface area contributed by atoms with E-state index in [0.29, 0.717) is 64.5 Å². The summed E-state index contributed by atoms with van der Waals surface area (Å²) in [5.74, 6) is 0.272. The Morgan fingerprint density at radius 1 is 1.17 bits per heavy atom. The minimum absolute atomic E-state index is 0.000592. The van der Waals surface area contributed by atoms with Crippen LogP contribution in [0.2, 0.25) is 5.02 Å². The third-order valence-corrected chi connectivity index (χ3v) is 10.2. The lowest BCUT2D eigenvalue weighted by atomic mass is 9.74. The smallest absolute Gasteiger partial charge is 0.319 e. The number of aromatic nitrogens is 3. The first-order valence-electron chi connectivity index (χ1n) is 14.5. The number of anilines is 1. The van der Waals surface area contributed by atoms with Crippen molar-refractivity contribution in [1.29, 1.82) is 0 Å². The molecule has 8 rings (SSSR count). The van der Waals surface area contributed by atoms with E-state index in [0.717, 1.165) is 25.8 Å². The summed E-state index contributed by atoms with van der Waals surface area (Å²) in [4.78, 5) is 18.0. The second-order valence-electron chi connectivity index (χ2n) is 12.3. The van der Waals surface area contributed by atoms with Crippen LogP contribution in [0.25, 0.3) is 32.9 Å². The van der Waals surface area contributed by atoms with Gasteiger partial charge in [0.05, 0.1) is 17.0 Å². The summed E-state index contributed by atoms with van der Waals surface area (Å²) in [6.07, 6.45) is 3.24. The Bertz CT molecular complexity index is 1740. The van der Waals surface area contributed by atoms with Crippen molar-refractivity contribution in [1.82, 2.24) is 19.9 Å². The molecular formula is C31H30ClF2N5O3. The van der Waals surface area contributed by atoms with Crippen LogP contribution in [0.5, 0.6) is 11.8 Å². The average Bonchev–Trinajstić information content (AvgIpc) is 3.61. The maximum absolute atomic E-state index is 16.6. The van der Waals surface area contributed by atoms with Crippen LogP contribution in [0.15, 0.2) is 36.5 Å². The van der Waals surface area contributed by atoms with Gasteiger partial charge in [0.15, 0.2) is 5.82 Å². The first-order valence-corrected chi connectivity index (χ1v) is 14.9. The molecule has 8 nitrogen and oxygen atoms in total. The highest BCUT2D eigenvalue weighted by molar-refractivity contribution is 6.36. The van der Waals surface area contributed by atoms with Crippen LogP contribution in [-0.2, 0) is 0 Å². The number of phenols is 1. The van der Waals surface area contributed by atoms with E-state index in [4.69, 9.17) is 21.3 Å². The number of halogens is 3. The molecule has 5 heterocycles. The summed E-state index contributed by atoms with van der Waals surface area (Å²) in [6, 6.07) is 8.32. The maximum atomic E-state index is 16.6. The van der Waals surface area contributed by atoms with Gasteiger partial charge in [-0.05, 0) is 55.3 Å². The van der Waals surface area contributed by atoms with Crippen LogP contribution < -0.4 is 9.64 Å². The maximum Gasteiger partial charge on any atom is 0.319 e. The molecule has 5 atom stereocenters. The SMILES string of the molecule is Oc1cc(-c2ncc3c(N4C[C@@H]5C[C@H](O)[C@@H]5C4)nc(OC[C@@]45CCCN4C[C@H](F)C5)nc3c2F)c2c(Cl)cccc2c1. The molecule has 4 aromatic rings. The van der Waals surface area contributed by atoms with Gasteiger partial charge in [-0.2, -0.15) is 9.97 Å². The van der Waals surface area contributed by atoms with E-state index >= 15 is 4.39 Å². The largest absolute Gasteiger partial charge is 0.508 e. The number of pyridine rings is 1. The zero-order chi connectivity index (χ0) is 28.7. The minimum atomic E-state index is -0.900. The summed E-state index contributed by atoms with van der Waals surface area (Å²) in [5, 5.41) is 22.8. The molecule has 11 heteroatoms. The summed E-state index contributed by atoms with van der Waals surface area (Å²) in [7, 11) is 0. The highest BCUT2D eigenvalue weighted by Crippen LogP contribution is 2.45. The van der Waals surface area contributed by atoms with E-state index in [1.54, 1.807) is 30.5 Å². The predicted molar refractivity (Wildman–Crippen MR) is 155 cm³/mol. The van der Waals surface area contributed by atoms with Crippen LogP contribution in [0.1, 0.15) is 25.7 Å². The van der Waals surface area contributed by atoms with Crippen molar-refractivity contribution in [3.05, 3.63) is 47.4 Å². The summed E-state index contributed by atoms with van der Waals surface area (Å²) >= 11 is 6.54. The number of ether oxygens (including phenoxy) is 1. The number of fused-ring (bicyclic) bond motifs is 4. The molecule has 218 valence electrons. The summed E-state index contributed by atoms with van der Waals surface area (Å²) in [6.45, 7) is 2.72. The van der Waals surface area contributed by atoms with E-state index in [1.807, 2.05) is 0 Å². The second kappa shape index (κ2) is 9.59. The number of aliphatic hydroxyl groups is 1. The molecule has 4 aliphatic rings. The van der Waals surface area contributed by atoms with Gasteiger partial charge in [0.2, 0.25) is 0 Å². The number of hydrogen-bond acceptors (Lipinski definition) is 8. The number of aliphatic hydroxyl groups excluding tert-OH is 1. The van der Waals surface area contributed by atoms with Gasteiger partial charge in [0.1, 0.15) is 35.6 Å². The first kappa shape index (κ1) is 26.3. The number of nitrogens with zero attached hydrogens (tertiary/aromatic N) is 5. The lowest BCUT2D eigenvalue weighted by molar-refractivity contribution is -0.00399. The molecule has 0 radical (unpaired) electrons. The van der Waals surface area contributed by atoms with E-state index in [-0.39, 0.29) is 41.6 Å². The van der Waals surface area contributed by atoms with Gasteiger partial charge in [0.25, 0.3) is 0 Å². The topological polar surface area (TPSA) is 94.8 Å². The lowest BCUT2D eigenvalue weighted by Gasteiger charge is -2.34. The van der Waals surface area contributed by atoms with Crippen molar-refractivity contribution < 1.29 is 23.7 Å². The number of phenolic OH excluding ortho intramolecular Hbond substituents is 1. The van der Waals surface area contributed by atoms with Gasteiger partial charge in [-0.3, -0.25) is 9.88 Å². The van der Waals surface area contributed by atoms with Gasteiger partial charge in [-0.15, -0.1) is 0 Å². The molecule has 1 aliphatic carbocycles. The molecule has 1 saturated carbocycles. The van der Waals surface area contributed by atoms with Crippen LogP contribution >= 0.6 is 11.6 Å². The standard InChI is InChI=1S/C31H30ClF2N5O3/c32-23-4-1-3-16-7-19(40)9-20(25(16)23)27-26(34)28-21(11-35-27)29(38-12-17-8-24(41)22(17)14-38)37-30(36-28)42-15-31-5-2-6-39(31)13-18(33)10-31/h1,3-4,7,9,11,17-18,22,24,40-41H,2,5-6,8,10,12-15H2/t17-,18+,22+,24-,31-/m0/s1. The normalized spacial score (nSPS) is 28.8. The van der Waals surface area contributed by atoms with Crippen molar-refractivity contribution in [3.8, 4) is 23.0 Å². The van der Waals surface area contributed by atoms with Gasteiger partial charge < -0.3 is 19.8 Å². The van der Waals surface area contributed by atoms with Crippen LogP contribution in [0, 0.1) is 17.7 Å². The fourth-order valence-electron chi connectivity index (χ4n) is 7.76. The summed E-state index contributed by atoms with van der Waals surface area (Å²) < 4.78 is 37.2. The number of aromatic hydroxyl groups is 1. The van der Waals surface area contributed by atoms with E-state index < -0.39 is 17.5 Å². The molecule has 0 spiro atoms. The molecule has 3 aliphatic heterocycles. The molecule has 2 aromatic carbocycles. The first-order chi connectivity index (χ1) is 20.3. The average molecular weight is 594 g/mol. The van der Waals surface area contributed by atoms with Crippen molar-refractivity contribution in [3.63, 3.8) is 0 Å². The van der Waals surface area contributed by atoms with E-state index in [1.165, 1.54) is 6.07 Å². The van der Waals surface area contributed by atoms with Gasteiger partial charge in [-0.1, -0.05) is 23.7 Å². The number of hydrogen-bond donors (Lipinski definition) is 2. The van der Waals surface area contributed by atoms with Gasteiger partial charge >= 0.3 is 6.01 Å². The highest BCUT2D eigenvalue weighted by Gasteiger charge is 2.50. The highest BCUT2D eigenvalue weighted by atomic mass is 35.5. The summed E-state index contributed by atoms with van der Waals surface area (Å²) in [5.41, 5.74) is -0.0200. The van der Waals surface area contributed by atoms with Crippen molar-refractivity contribution in [2.45, 2.75) is 43.5 Å². The fraction of sp³-hybridized carbons (Fsp3) is 0.452. The molecule has 2 N–H and O–H groups in total. The monoisotopic (exact) mass is 593 g/mol. The van der Waals surface area contributed by atoms with Crippen LogP contribution in [0.4, 0.5) is 14.6 Å². The number of benzene rings is 2. The lowest BCUT2D eigenvalue weighted by Crippen LogP contribution is -2.43. The Morgan fingerprint density at radius 2 is 2.05 bits per heavy atom. The molecule has 0 amide bonds. The second-order valence-corrected chi connectivity index (χ2v) is 12.7. The third-order valence-electron chi connectivity index (χ3n) is 9.87. The Balaban J connectivity index is 1.25. The van der Waals surface area contributed by atoms with Crippen LogP contribution in [-0.4, -0.2) is 80.7 Å². The molecule has 3 saturated heterocycles. The molecule has 2 aromatic heterocycles. The predicted octanol–water partition coefficient (Wildman–Crippen LogP) is 5.12. The molecule has 0 unspecified atom stereocenters. The third kappa shape index (κ3) is 4.02. The number of alkyl halides is 1. The van der Waals surface area contributed by atoms with Crippen molar-refractivity contribution in [2.24, 2.45) is 11.8 Å². The quantitative estimate of drug-likeness (QED) is 0.330. The van der Waals surface area contributed by atoms with E-state index in [9.17, 15) is 14.6 Å². The van der Waals surface area contributed by atoms with Gasteiger partial charge in [-0.25, -0.2) is 8.78 Å². The molecule has 0 bridgehead atoms. The Labute approximate surface area is 245 Å². The fourth-order valence-corrected chi connectivity index (χ4v) is 8.04.